The maximum atomic E-state index is 13.9. The summed E-state index contributed by atoms with van der Waals surface area (Å²) < 4.78 is 24.4. The Bertz CT molecular complexity index is 1610. The summed E-state index contributed by atoms with van der Waals surface area (Å²) in [4.78, 5) is 32.1. The average molecular weight is 603 g/mol. The lowest BCUT2D eigenvalue weighted by molar-refractivity contribution is -0.139. The number of hydrogen-bond donors (Lipinski definition) is 1. The normalized spacial score (nSPS) is 15.1. The highest BCUT2D eigenvalue weighted by atomic mass is 79.9. The lowest BCUT2D eigenvalue weighted by Gasteiger charge is -2.26. The monoisotopic (exact) mass is 602 g/mol. The predicted octanol–water partition coefficient (Wildman–Crippen LogP) is 3.68. The molecule has 4 rings (SSSR count). The van der Waals surface area contributed by atoms with E-state index in [1.807, 2.05) is 6.92 Å². The van der Waals surface area contributed by atoms with Crippen molar-refractivity contribution < 1.29 is 28.8 Å². The number of hydrogen-bond acceptors (Lipinski definition) is 9. The summed E-state index contributed by atoms with van der Waals surface area (Å²) in [7, 11) is 2.98. The molecule has 0 saturated carbocycles. The summed E-state index contributed by atoms with van der Waals surface area (Å²) in [5.74, 6) is 0.563. The number of methoxy groups -OCH3 is 2. The standard InChI is InChI=1S/C27H27BrN2O7S/c1-6-36-24-16(9-8-10-18(24)34-4)22-21(26(33)37-7-2)14(3)29-27-30(22)25(32)20(38-27)13-15-11-17(28)23(31)19(12-15)35-5/h8-13,22,31H,6-7H2,1-5H3/b20-13+/t22-/m1/s1. The van der Waals surface area contributed by atoms with Crippen LogP contribution in [0.25, 0.3) is 6.08 Å². The molecule has 0 unspecified atom stereocenters. The number of rotatable bonds is 8. The summed E-state index contributed by atoms with van der Waals surface area (Å²) in [5, 5.41) is 10.2. The van der Waals surface area contributed by atoms with Crippen molar-refractivity contribution in [3.05, 3.63) is 76.9 Å². The van der Waals surface area contributed by atoms with E-state index in [0.29, 0.717) is 48.7 Å². The Hall–Kier alpha value is -3.57. The number of carbonyl (C=O) groups excluding carboxylic acids is 1. The first-order valence-electron chi connectivity index (χ1n) is 11.8. The Morgan fingerprint density at radius 3 is 2.58 bits per heavy atom. The van der Waals surface area contributed by atoms with E-state index >= 15 is 0 Å². The molecule has 0 radical (unpaired) electrons. The van der Waals surface area contributed by atoms with Crippen LogP contribution in [0.2, 0.25) is 0 Å². The number of aromatic hydroxyl groups is 1. The number of phenolic OH excluding ortho intramolecular Hbond substituents is 1. The van der Waals surface area contributed by atoms with Crippen LogP contribution in [-0.2, 0) is 9.53 Å². The van der Waals surface area contributed by atoms with E-state index in [1.165, 1.54) is 30.1 Å². The van der Waals surface area contributed by atoms with Crippen molar-refractivity contribution in [1.29, 1.82) is 0 Å². The van der Waals surface area contributed by atoms with Crippen LogP contribution in [0.3, 0.4) is 0 Å². The molecule has 2 aromatic carbocycles. The lowest BCUT2D eigenvalue weighted by atomic mass is 9.94. The summed E-state index contributed by atoms with van der Waals surface area (Å²) in [6, 6.07) is 7.79. The summed E-state index contributed by atoms with van der Waals surface area (Å²) in [6.07, 6.45) is 1.69. The third-order valence-corrected chi connectivity index (χ3v) is 7.49. The molecular weight excluding hydrogens is 576 g/mol. The Labute approximate surface area is 231 Å². The zero-order chi connectivity index (χ0) is 27.6. The predicted molar refractivity (Wildman–Crippen MR) is 147 cm³/mol. The largest absolute Gasteiger partial charge is 0.503 e. The van der Waals surface area contributed by atoms with Crippen molar-refractivity contribution >= 4 is 39.3 Å². The second-order valence-electron chi connectivity index (χ2n) is 8.17. The molecule has 0 aliphatic carbocycles. The first-order chi connectivity index (χ1) is 18.2. The fourth-order valence-corrected chi connectivity index (χ4v) is 5.78. The van der Waals surface area contributed by atoms with E-state index in [0.717, 1.165) is 0 Å². The van der Waals surface area contributed by atoms with E-state index in [9.17, 15) is 14.7 Å². The number of para-hydroxylation sites is 1. The molecule has 0 spiro atoms. The van der Waals surface area contributed by atoms with Gasteiger partial charge in [-0.3, -0.25) is 9.36 Å². The Balaban J connectivity index is 2.02. The number of allylic oxidation sites excluding steroid dienone is 1. The van der Waals surface area contributed by atoms with Gasteiger partial charge in [0.15, 0.2) is 27.8 Å². The third kappa shape index (κ3) is 4.95. The zero-order valence-corrected chi connectivity index (χ0v) is 23.9. The minimum absolute atomic E-state index is 0.0395. The van der Waals surface area contributed by atoms with Gasteiger partial charge in [-0.05, 0) is 66.5 Å². The highest BCUT2D eigenvalue weighted by Crippen LogP contribution is 2.41. The number of esters is 1. The molecule has 38 heavy (non-hydrogen) atoms. The second kappa shape index (κ2) is 11.4. The zero-order valence-electron chi connectivity index (χ0n) is 21.5. The van der Waals surface area contributed by atoms with Crippen molar-refractivity contribution in [2.45, 2.75) is 26.8 Å². The van der Waals surface area contributed by atoms with Crippen molar-refractivity contribution in [2.75, 3.05) is 27.4 Å². The first-order valence-corrected chi connectivity index (χ1v) is 13.4. The molecule has 1 N–H and O–H groups in total. The SMILES string of the molecule is CCOC(=O)C1=C(C)N=c2s/c(=C/c3cc(Br)c(O)c(OC)c3)c(=O)n2[C@@H]1c1cccc(OC)c1OCC. The molecular formula is C27H27BrN2O7S. The fourth-order valence-electron chi connectivity index (χ4n) is 4.28. The lowest BCUT2D eigenvalue weighted by Crippen LogP contribution is -2.40. The molecule has 3 aromatic rings. The van der Waals surface area contributed by atoms with Crippen molar-refractivity contribution in [2.24, 2.45) is 4.99 Å². The summed E-state index contributed by atoms with van der Waals surface area (Å²) in [5.41, 5.74) is 1.55. The molecule has 0 fully saturated rings. The van der Waals surface area contributed by atoms with E-state index in [1.54, 1.807) is 50.3 Å². The molecule has 1 aromatic heterocycles. The Morgan fingerprint density at radius 1 is 1.18 bits per heavy atom. The highest BCUT2D eigenvalue weighted by Gasteiger charge is 2.36. The molecule has 1 aliphatic rings. The van der Waals surface area contributed by atoms with Crippen LogP contribution in [0.15, 0.2) is 55.9 Å². The van der Waals surface area contributed by atoms with Crippen LogP contribution in [0, 0.1) is 0 Å². The van der Waals surface area contributed by atoms with Crippen LogP contribution in [0.1, 0.15) is 37.9 Å². The molecule has 200 valence electrons. The number of carbonyl (C=O) groups is 1. The Kier molecular flexibility index (Phi) is 8.27. The van der Waals surface area contributed by atoms with Gasteiger partial charge < -0.3 is 24.1 Å². The van der Waals surface area contributed by atoms with Gasteiger partial charge in [0.05, 0.1) is 47.7 Å². The van der Waals surface area contributed by atoms with Crippen molar-refractivity contribution in [3.8, 4) is 23.0 Å². The third-order valence-electron chi connectivity index (χ3n) is 5.90. The maximum Gasteiger partial charge on any atom is 0.338 e. The van der Waals surface area contributed by atoms with Gasteiger partial charge in [0.1, 0.15) is 6.04 Å². The van der Waals surface area contributed by atoms with Crippen LogP contribution in [-0.4, -0.2) is 43.1 Å². The van der Waals surface area contributed by atoms with Crippen LogP contribution >= 0.6 is 27.3 Å². The summed E-state index contributed by atoms with van der Waals surface area (Å²) >= 11 is 4.51. The van der Waals surface area contributed by atoms with Gasteiger partial charge >= 0.3 is 5.97 Å². The number of thiazole rings is 1. The number of benzene rings is 2. The molecule has 2 heterocycles. The summed E-state index contributed by atoms with van der Waals surface area (Å²) in [6.45, 7) is 5.81. The molecule has 1 atom stereocenters. The number of phenols is 1. The molecule has 0 bridgehead atoms. The molecule has 1 aliphatic heterocycles. The number of aromatic nitrogens is 1. The topological polar surface area (TPSA) is 109 Å². The van der Waals surface area contributed by atoms with Crippen LogP contribution in [0.5, 0.6) is 23.0 Å². The van der Waals surface area contributed by atoms with Crippen LogP contribution < -0.4 is 29.1 Å². The van der Waals surface area contributed by atoms with Gasteiger partial charge in [-0.15, -0.1) is 0 Å². The van der Waals surface area contributed by atoms with Crippen LogP contribution in [0.4, 0.5) is 0 Å². The quantitative estimate of drug-likeness (QED) is 0.392. The number of halogens is 1. The molecule has 9 nitrogen and oxygen atoms in total. The maximum absolute atomic E-state index is 13.9. The van der Waals surface area contributed by atoms with Gasteiger partial charge in [0.25, 0.3) is 5.56 Å². The highest BCUT2D eigenvalue weighted by molar-refractivity contribution is 9.10. The minimum Gasteiger partial charge on any atom is -0.503 e. The molecule has 0 amide bonds. The second-order valence-corrected chi connectivity index (χ2v) is 10.0. The van der Waals surface area contributed by atoms with Gasteiger partial charge in [0.2, 0.25) is 0 Å². The van der Waals surface area contributed by atoms with Gasteiger partial charge in [0, 0.05) is 5.56 Å². The number of ether oxygens (including phenoxy) is 4. The fraction of sp³-hybridized carbons (Fsp3) is 0.296. The smallest absolute Gasteiger partial charge is 0.338 e. The first kappa shape index (κ1) is 27.5. The van der Waals surface area contributed by atoms with E-state index in [-0.39, 0.29) is 29.2 Å². The molecule has 0 saturated heterocycles. The van der Waals surface area contributed by atoms with E-state index in [2.05, 4.69) is 20.9 Å². The van der Waals surface area contributed by atoms with Crippen molar-refractivity contribution in [3.63, 3.8) is 0 Å². The number of nitrogens with zero attached hydrogens (tertiary/aromatic N) is 2. The Morgan fingerprint density at radius 2 is 1.92 bits per heavy atom. The molecule has 11 heteroatoms. The van der Waals surface area contributed by atoms with Gasteiger partial charge in [-0.25, -0.2) is 9.79 Å². The van der Waals surface area contributed by atoms with Crippen molar-refractivity contribution in [1.82, 2.24) is 4.57 Å². The minimum atomic E-state index is -0.856. The number of fused-ring (bicyclic) bond motifs is 1. The van der Waals surface area contributed by atoms with Gasteiger partial charge in [-0.1, -0.05) is 23.5 Å². The van der Waals surface area contributed by atoms with E-state index in [4.69, 9.17) is 18.9 Å². The average Bonchev–Trinajstić information content (AvgIpc) is 3.19. The van der Waals surface area contributed by atoms with Gasteiger partial charge in [-0.2, -0.15) is 0 Å². The van der Waals surface area contributed by atoms with E-state index < -0.39 is 12.0 Å².